The smallest absolute Gasteiger partial charge is 0.341 e. The van der Waals surface area contributed by atoms with Crippen molar-refractivity contribution in [2.75, 3.05) is 12.3 Å². The van der Waals surface area contributed by atoms with Crippen molar-refractivity contribution in [1.29, 1.82) is 0 Å². The van der Waals surface area contributed by atoms with E-state index < -0.39 is 7.80 Å². The van der Waals surface area contributed by atoms with E-state index in [-0.39, 0.29) is 6.10 Å². The summed E-state index contributed by atoms with van der Waals surface area (Å²) in [7, 11) is -1.00. The third-order valence-electron chi connectivity index (χ3n) is 1.13. The Hall–Kier alpha value is 0.0600. The van der Waals surface area contributed by atoms with Gasteiger partial charge < -0.3 is 5.11 Å². The molecule has 2 atom stereocenters. The Kier molecular flexibility index (Phi) is 1.40. The first-order valence-electron chi connectivity index (χ1n) is 2.39. The zero-order valence-electron chi connectivity index (χ0n) is 4.00. The standard InChI is InChI=1S/C4H8O2P/c5-4-1-2-7(6)3-4/h4-5H,1-3H2/q+1. The lowest BCUT2D eigenvalue weighted by Crippen LogP contribution is -2.00. The molecule has 1 aliphatic heterocycles. The molecule has 1 aliphatic rings. The van der Waals surface area contributed by atoms with Crippen LogP contribution in [0.5, 0.6) is 0 Å². The maximum absolute atomic E-state index is 10.4. The largest absolute Gasteiger partial charge is 0.389 e. The van der Waals surface area contributed by atoms with Crippen LogP contribution in [-0.2, 0) is 4.57 Å². The van der Waals surface area contributed by atoms with Crippen molar-refractivity contribution in [3.63, 3.8) is 0 Å². The zero-order valence-corrected chi connectivity index (χ0v) is 4.90. The van der Waals surface area contributed by atoms with Gasteiger partial charge in [-0.05, 0) is 0 Å². The predicted octanol–water partition coefficient (Wildman–Crippen LogP) is 0.578. The minimum Gasteiger partial charge on any atom is -0.389 e. The van der Waals surface area contributed by atoms with Crippen molar-refractivity contribution < 1.29 is 9.67 Å². The van der Waals surface area contributed by atoms with Crippen LogP contribution in [0, 0.1) is 0 Å². The quantitative estimate of drug-likeness (QED) is 0.473. The Labute approximate surface area is 43.3 Å². The molecule has 40 valence electrons. The van der Waals surface area contributed by atoms with E-state index in [1.807, 2.05) is 0 Å². The predicted molar refractivity (Wildman–Crippen MR) is 28.0 cm³/mol. The lowest BCUT2D eigenvalue weighted by atomic mass is 10.3. The van der Waals surface area contributed by atoms with Gasteiger partial charge >= 0.3 is 7.80 Å². The monoisotopic (exact) mass is 119 g/mol. The van der Waals surface area contributed by atoms with Crippen molar-refractivity contribution in [2.45, 2.75) is 12.5 Å². The first kappa shape index (κ1) is 5.20. The number of hydrogen-bond donors (Lipinski definition) is 1. The van der Waals surface area contributed by atoms with E-state index in [2.05, 4.69) is 0 Å². The van der Waals surface area contributed by atoms with Gasteiger partial charge in [0.1, 0.15) is 12.3 Å². The molecule has 1 rings (SSSR count). The van der Waals surface area contributed by atoms with Gasteiger partial charge in [-0.2, -0.15) is 0 Å². The fraction of sp³-hybridized carbons (Fsp3) is 1.00. The van der Waals surface area contributed by atoms with Gasteiger partial charge in [0.25, 0.3) is 0 Å². The van der Waals surface area contributed by atoms with E-state index in [1.54, 1.807) is 0 Å². The SMILES string of the molecule is O=[P+]1CCC(O)C1. The lowest BCUT2D eigenvalue weighted by Gasteiger charge is -1.84. The van der Waals surface area contributed by atoms with E-state index in [1.165, 1.54) is 0 Å². The minimum absolute atomic E-state index is 0.261. The van der Waals surface area contributed by atoms with Crippen LogP contribution in [0.25, 0.3) is 0 Å². The van der Waals surface area contributed by atoms with Crippen molar-refractivity contribution in [3.05, 3.63) is 0 Å². The summed E-state index contributed by atoms with van der Waals surface area (Å²) in [5.41, 5.74) is 0. The van der Waals surface area contributed by atoms with Crippen LogP contribution in [-0.4, -0.2) is 23.5 Å². The fourth-order valence-electron chi connectivity index (χ4n) is 0.711. The van der Waals surface area contributed by atoms with E-state index in [0.29, 0.717) is 6.16 Å². The molecule has 0 radical (unpaired) electrons. The maximum atomic E-state index is 10.4. The number of rotatable bonds is 0. The summed E-state index contributed by atoms with van der Waals surface area (Å²) in [6, 6.07) is 0. The Morgan fingerprint density at radius 1 is 1.71 bits per heavy atom. The minimum atomic E-state index is -1.00. The van der Waals surface area contributed by atoms with Crippen molar-refractivity contribution >= 4 is 7.80 Å². The highest BCUT2D eigenvalue weighted by Crippen LogP contribution is 2.30. The molecular weight excluding hydrogens is 111 g/mol. The van der Waals surface area contributed by atoms with Crippen molar-refractivity contribution in [3.8, 4) is 0 Å². The van der Waals surface area contributed by atoms with Crippen LogP contribution in [0.1, 0.15) is 6.42 Å². The normalized spacial score (nSPS) is 36.7. The van der Waals surface area contributed by atoms with Crippen LogP contribution in [0.4, 0.5) is 0 Å². The summed E-state index contributed by atoms with van der Waals surface area (Å²) in [6.07, 6.45) is 1.75. The maximum Gasteiger partial charge on any atom is 0.341 e. The summed E-state index contributed by atoms with van der Waals surface area (Å²) in [5, 5.41) is 8.72. The van der Waals surface area contributed by atoms with Crippen molar-refractivity contribution in [2.24, 2.45) is 0 Å². The second kappa shape index (κ2) is 1.89. The molecular formula is C4H8O2P+. The summed E-state index contributed by atoms with van der Waals surface area (Å²) in [4.78, 5) is 0. The molecule has 2 nitrogen and oxygen atoms in total. The van der Waals surface area contributed by atoms with E-state index in [0.717, 1.165) is 12.6 Å². The number of hydrogen-bond acceptors (Lipinski definition) is 2. The Morgan fingerprint density at radius 2 is 2.43 bits per heavy atom. The average molecular weight is 119 g/mol. The summed E-state index contributed by atoms with van der Waals surface area (Å²) >= 11 is 0. The molecule has 7 heavy (non-hydrogen) atoms. The summed E-state index contributed by atoms with van der Waals surface area (Å²) in [6.45, 7) is 0. The van der Waals surface area contributed by atoms with Gasteiger partial charge in [-0.15, -0.1) is 0 Å². The highest BCUT2D eigenvalue weighted by Gasteiger charge is 2.29. The molecule has 0 aromatic rings. The third-order valence-corrected chi connectivity index (χ3v) is 2.71. The van der Waals surface area contributed by atoms with Gasteiger partial charge in [0, 0.05) is 6.42 Å². The van der Waals surface area contributed by atoms with Crippen LogP contribution in [0.3, 0.4) is 0 Å². The molecule has 0 amide bonds. The highest BCUT2D eigenvalue weighted by atomic mass is 31.1. The fourth-order valence-corrected chi connectivity index (χ4v) is 2.13. The Bertz CT molecular complexity index is 91.7. The molecule has 0 spiro atoms. The molecule has 1 saturated heterocycles. The molecule has 0 aromatic carbocycles. The van der Waals surface area contributed by atoms with E-state index in [9.17, 15) is 4.57 Å². The van der Waals surface area contributed by atoms with E-state index in [4.69, 9.17) is 5.11 Å². The van der Waals surface area contributed by atoms with Crippen molar-refractivity contribution in [1.82, 2.24) is 0 Å². The molecule has 1 heterocycles. The van der Waals surface area contributed by atoms with Crippen LogP contribution < -0.4 is 0 Å². The number of aliphatic hydroxyl groups excluding tert-OH is 1. The molecule has 0 aromatic heterocycles. The highest BCUT2D eigenvalue weighted by molar-refractivity contribution is 7.45. The van der Waals surface area contributed by atoms with Gasteiger partial charge in [-0.1, -0.05) is 4.57 Å². The lowest BCUT2D eigenvalue weighted by molar-refractivity contribution is 0.202. The van der Waals surface area contributed by atoms with Crippen LogP contribution in [0.15, 0.2) is 0 Å². The van der Waals surface area contributed by atoms with Crippen LogP contribution >= 0.6 is 7.80 Å². The first-order valence-corrected chi connectivity index (χ1v) is 4.02. The van der Waals surface area contributed by atoms with Gasteiger partial charge in [0.15, 0.2) is 6.16 Å². The summed E-state index contributed by atoms with van der Waals surface area (Å²) in [5.74, 6) is 0. The van der Waals surface area contributed by atoms with Crippen LogP contribution in [0.2, 0.25) is 0 Å². The summed E-state index contributed by atoms with van der Waals surface area (Å²) < 4.78 is 10.4. The van der Waals surface area contributed by atoms with Gasteiger partial charge in [-0.25, -0.2) is 0 Å². The Morgan fingerprint density at radius 3 is 2.57 bits per heavy atom. The molecule has 0 saturated carbocycles. The third kappa shape index (κ3) is 1.22. The first-order chi connectivity index (χ1) is 3.29. The topological polar surface area (TPSA) is 37.3 Å². The van der Waals surface area contributed by atoms with E-state index >= 15 is 0 Å². The Balaban J connectivity index is 2.40. The molecule has 0 aliphatic carbocycles. The zero-order chi connectivity index (χ0) is 5.28. The molecule has 3 heteroatoms. The molecule has 2 unspecified atom stereocenters. The molecule has 0 bridgehead atoms. The second-order valence-electron chi connectivity index (χ2n) is 1.83. The van der Waals surface area contributed by atoms with Gasteiger partial charge in [0.05, 0.1) is 0 Å². The average Bonchev–Trinajstić information content (AvgIpc) is 1.87. The van der Waals surface area contributed by atoms with Gasteiger partial charge in [-0.3, -0.25) is 0 Å². The second-order valence-corrected chi connectivity index (χ2v) is 3.61. The molecule has 1 fully saturated rings. The number of aliphatic hydroxyl groups is 1. The van der Waals surface area contributed by atoms with Gasteiger partial charge in [0.2, 0.25) is 0 Å². The molecule has 1 N–H and O–H groups in total.